The number of rotatable bonds is 2. The minimum atomic E-state index is 0.533. The van der Waals surface area contributed by atoms with Crippen molar-refractivity contribution in [1.82, 2.24) is 9.78 Å². The molecule has 15 heavy (non-hydrogen) atoms. The molecule has 1 aromatic rings. The lowest BCUT2D eigenvalue weighted by Crippen LogP contribution is -2.11. The van der Waals surface area contributed by atoms with Crippen molar-refractivity contribution in [2.45, 2.75) is 51.5 Å². The van der Waals surface area contributed by atoms with Crippen LogP contribution in [-0.2, 0) is 24.5 Å². The average molecular weight is 207 g/mol. The van der Waals surface area contributed by atoms with Crippen LogP contribution >= 0.6 is 0 Å². The molecule has 0 unspecified atom stereocenters. The summed E-state index contributed by atoms with van der Waals surface area (Å²) in [5.41, 5.74) is 9.27. The van der Waals surface area contributed by atoms with Gasteiger partial charge >= 0.3 is 0 Å². The summed E-state index contributed by atoms with van der Waals surface area (Å²) >= 11 is 0. The molecule has 4 heteroatoms. The standard InChI is InChI=1S/C11H17N3O/c12-5-10-9-6-15-7-11(9)14(13-10)8-3-1-2-4-8/h8H,1-7,12H2. The molecular formula is C11H17N3O. The predicted molar refractivity (Wildman–Crippen MR) is 56.1 cm³/mol. The van der Waals surface area contributed by atoms with Crippen molar-refractivity contribution in [3.8, 4) is 0 Å². The Kier molecular flexibility index (Phi) is 2.25. The molecule has 2 heterocycles. The fourth-order valence-electron chi connectivity index (χ4n) is 2.74. The van der Waals surface area contributed by atoms with Gasteiger partial charge in [-0.2, -0.15) is 5.10 Å². The highest BCUT2D eigenvalue weighted by molar-refractivity contribution is 5.28. The molecule has 1 aromatic heterocycles. The number of fused-ring (bicyclic) bond motifs is 1. The smallest absolute Gasteiger partial charge is 0.0893 e. The van der Waals surface area contributed by atoms with Crippen molar-refractivity contribution in [1.29, 1.82) is 0 Å². The van der Waals surface area contributed by atoms with E-state index in [1.54, 1.807) is 0 Å². The van der Waals surface area contributed by atoms with Gasteiger partial charge in [-0.25, -0.2) is 0 Å². The highest BCUT2D eigenvalue weighted by Crippen LogP contribution is 2.33. The molecule has 1 aliphatic carbocycles. The van der Waals surface area contributed by atoms with Gasteiger partial charge < -0.3 is 10.5 Å². The Morgan fingerprint density at radius 2 is 2.13 bits per heavy atom. The van der Waals surface area contributed by atoms with E-state index < -0.39 is 0 Å². The van der Waals surface area contributed by atoms with Crippen LogP contribution in [0, 0.1) is 0 Å². The van der Waals surface area contributed by atoms with Gasteiger partial charge in [-0.3, -0.25) is 4.68 Å². The second kappa shape index (κ2) is 3.61. The number of hydrogen-bond acceptors (Lipinski definition) is 3. The van der Waals surface area contributed by atoms with Crippen molar-refractivity contribution in [3.63, 3.8) is 0 Å². The molecule has 1 saturated carbocycles. The second-order valence-electron chi connectivity index (χ2n) is 4.45. The Balaban J connectivity index is 2.00. The van der Waals surface area contributed by atoms with Crippen molar-refractivity contribution in [2.24, 2.45) is 5.73 Å². The van der Waals surface area contributed by atoms with Gasteiger partial charge in [0.05, 0.1) is 30.6 Å². The summed E-state index contributed by atoms with van der Waals surface area (Å²) in [6.45, 7) is 1.96. The minimum Gasteiger partial charge on any atom is -0.370 e. The molecule has 2 aliphatic rings. The predicted octanol–water partition coefficient (Wildman–Crippen LogP) is 1.49. The SMILES string of the molecule is NCc1nn(C2CCCC2)c2c1COC2. The quantitative estimate of drug-likeness (QED) is 0.799. The molecule has 0 radical (unpaired) electrons. The van der Waals surface area contributed by atoms with E-state index in [9.17, 15) is 0 Å². The average Bonchev–Trinajstić information content (AvgIpc) is 2.94. The van der Waals surface area contributed by atoms with Crippen LogP contribution in [0.2, 0.25) is 0 Å². The van der Waals surface area contributed by atoms with Crippen molar-refractivity contribution in [3.05, 3.63) is 17.0 Å². The van der Waals surface area contributed by atoms with Crippen molar-refractivity contribution in [2.75, 3.05) is 0 Å². The molecule has 1 aliphatic heterocycles. The molecule has 82 valence electrons. The number of nitrogens with zero attached hydrogens (tertiary/aromatic N) is 2. The van der Waals surface area contributed by atoms with Crippen LogP contribution in [0.25, 0.3) is 0 Å². The van der Waals surface area contributed by atoms with Crippen LogP contribution in [0.5, 0.6) is 0 Å². The first-order valence-corrected chi connectivity index (χ1v) is 5.77. The summed E-state index contributed by atoms with van der Waals surface area (Å²) in [7, 11) is 0. The lowest BCUT2D eigenvalue weighted by molar-refractivity contribution is 0.127. The van der Waals surface area contributed by atoms with E-state index in [1.165, 1.54) is 36.9 Å². The van der Waals surface area contributed by atoms with Gasteiger partial charge in [-0.15, -0.1) is 0 Å². The molecule has 4 nitrogen and oxygen atoms in total. The van der Waals surface area contributed by atoms with E-state index in [0.29, 0.717) is 19.2 Å². The first-order valence-electron chi connectivity index (χ1n) is 5.77. The van der Waals surface area contributed by atoms with Gasteiger partial charge in [0.1, 0.15) is 0 Å². The maximum atomic E-state index is 5.70. The molecule has 3 rings (SSSR count). The number of ether oxygens (including phenoxy) is 1. The second-order valence-corrected chi connectivity index (χ2v) is 4.45. The summed E-state index contributed by atoms with van der Waals surface area (Å²) in [5.74, 6) is 0. The van der Waals surface area contributed by atoms with E-state index >= 15 is 0 Å². The fraction of sp³-hybridized carbons (Fsp3) is 0.727. The lowest BCUT2D eigenvalue weighted by atomic mass is 10.2. The number of aromatic nitrogens is 2. The summed E-state index contributed by atoms with van der Waals surface area (Å²) in [6, 6.07) is 0.598. The summed E-state index contributed by atoms with van der Waals surface area (Å²) in [5, 5.41) is 4.64. The largest absolute Gasteiger partial charge is 0.370 e. The van der Waals surface area contributed by atoms with Crippen LogP contribution in [0.15, 0.2) is 0 Å². The van der Waals surface area contributed by atoms with Gasteiger partial charge in [-0.1, -0.05) is 12.8 Å². The normalized spacial score (nSPS) is 21.1. The minimum absolute atomic E-state index is 0.533. The maximum Gasteiger partial charge on any atom is 0.0893 e. The van der Waals surface area contributed by atoms with Gasteiger partial charge in [0.25, 0.3) is 0 Å². The monoisotopic (exact) mass is 207 g/mol. The fourth-order valence-corrected chi connectivity index (χ4v) is 2.74. The van der Waals surface area contributed by atoms with Crippen molar-refractivity contribution >= 4 is 0 Å². The van der Waals surface area contributed by atoms with E-state index in [-0.39, 0.29) is 0 Å². The van der Waals surface area contributed by atoms with Gasteiger partial charge in [-0.05, 0) is 12.8 Å². The third-order valence-corrected chi connectivity index (χ3v) is 3.55. The Labute approximate surface area is 89.4 Å². The zero-order valence-corrected chi connectivity index (χ0v) is 8.91. The third-order valence-electron chi connectivity index (χ3n) is 3.55. The highest BCUT2D eigenvalue weighted by Gasteiger charge is 2.27. The first-order chi connectivity index (χ1) is 7.40. The molecule has 1 fully saturated rings. The van der Waals surface area contributed by atoms with Crippen LogP contribution < -0.4 is 5.73 Å². The lowest BCUT2D eigenvalue weighted by Gasteiger charge is -2.12. The molecule has 0 aromatic carbocycles. The highest BCUT2D eigenvalue weighted by atomic mass is 16.5. The number of nitrogens with two attached hydrogens (primary N) is 1. The zero-order valence-electron chi connectivity index (χ0n) is 8.91. The van der Waals surface area contributed by atoms with E-state index in [1.807, 2.05) is 0 Å². The Hall–Kier alpha value is -0.870. The van der Waals surface area contributed by atoms with Crippen LogP contribution in [0.1, 0.15) is 48.7 Å². The zero-order chi connectivity index (χ0) is 10.3. The van der Waals surface area contributed by atoms with E-state index in [4.69, 9.17) is 10.5 Å². The van der Waals surface area contributed by atoms with Crippen molar-refractivity contribution < 1.29 is 4.74 Å². The Morgan fingerprint density at radius 3 is 2.87 bits per heavy atom. The number of hydrogen-bond donors (Lipinski definition) is 1. The van der Waals surface area contributed by atoms with Gasteiger partial charge in [0.2, 0.25) is 0 Å². The van der Waals surface area contributed by atoms with Crippen LogP contribution in [0.4, 0.5) is 0 Å². The summed E-state index contributed by atoms with van der Waals surface area (Å²) in [4.78, 5) is 0. The van der Waals surface area contributed by atoms with Crippen LogP contribution in [0.3, 0.4) is 0 Å². The first kappa shape index (κ1) is 9.36. The Bertz CT molecular complexity index is 366. The van der Waals surface area contributed by atoms with E-state index in [0.717, 1.165) is 12.3 Å². The van der Waals surface area contributed by atoms with Gasteiger partial charge in [0, 0.05) is 12.1 Å². The summed E-state index contributed by atoms with van der Waals surface area (Å²) in [6.07, 6.45) is 5.19. The molecule has 2 N–H and O–H groups in total. The summed E-state index contributed by atoms with van der Waals surface area (Å²) < 4.78 is 7.67. The Morgan fingerprint density at radius 1 is 1.33 bits per heavy atom. The third kappa shape index (κ3) is 1.40. The topological polar surface area (TPSA) is 53.1 Å². The molecular weight excluding hydrogens is 190 g/mol. The molecule has 0 saturated heterocycles. The molecule has 0 amide bonds. The molecule has 0 spiro atoms. The van der Waals surface area contributed by atoms with E-state index in [2.05, 4.69) is 9.78 Å². The molecule has 0 bridgehead atoms. The molecule has 0 atom stereocenters. The van der Waals surface area contributed by atoms with Gasteiger partial charge in [0.15, 0.2) is 0 Å². The van der Waals surface area contributed by atoms with Crippen LogP contribution in [-0.4, -0.2) is 9.78 Å². The maximum absolute atomic E-state index is 5.70.